The van der Waals surface area contributed by atoms with Crippen molar-refractivity contribution in [2.45, 2.75) is 18.7 Å². The van der Waals surface area contributed by atoms with Gasteiger partial charge < -0.3 is 4.52 Å². The molecule has 0 aliphatic heterocycles. The highest BCUT2D eigenvalue weighted by Crippen LogP contribution is 2.18. The average molecular weight is 196 g/mol. The van der Waals surface area contributed by atoms with E-state index in [9.17, 15) is 4.21 Å². The lowest BCUT2D eigenvalue weighted by Gasteiger charge is -1.91. The summed E-state index contributed by atoms with van der Waals surface area (Å²) in [5.74, 6) is 0.460. The topological polar surface area (TPSA) is 52.3 Å². The van der Waals surface area contributed by atoms with Gasteiger partial charge in [-0.2, -0.15) is 3.74 Å². The van der Waals surface area contributed by atoms with Gasteiger partial charge in [0.05, 0.1) is 17.6 Å². The molecule has 0 N–H and O–H groups in total. The van der Waals surface area contributed by atoms with Crippen molar-refractivity contribution in [3.8, 4) is 0 Å². The molecule has 1 rings (SSSR count). The van der Waals surface area contributed by atoms with Crippen molar-refractivity contribution in [3.63, 3.8) is 0 Å². The molecule has 6 heteroatoms. The highest BCUT2D eigenvalue weighted by molar-refractivity contribution is 7.81. The third-order valence-electron chi connectivity index (χ3n) is 1.19. The van der Waals surface area contributed by atoms with Crippen LogP contribution in [0, 0.1) is 13.8 Å². The van der Waals surface area contributed by atoms with Crippen molar-refractivity contribution >= 4 is 22.9 Å². The molecule has 0 radical (unpaired) electrons. The number of aryl methyl sites for hydroxylation is 2. The summed E-state index contributed by atoms with van der Waals surface area (Å²) in [7, 11) is 0. The maximum absolute atomic E-state index is 11.0. The van der Waals surface area contributed by atoms with Crippen LogP contribution in [0.5, 0.6) is 0 Å². The Morgan fingerprint density at radius 3 is 2.64 bits per heavy atom. The molecule has 0 amide bonds. The van der Waals surface area contributed by atoms with E-state index in [0.29, 0.717) is 16.3 Å². The van der Waals surface area contributed by atoms with E-state index < -0.39 is 11.1 Å². The second-order valence-corrected chi connectivity index (χ2v) is 3.33. The normalized spacial score (nSPS) is 13.4. The minimum Gasteiger partial charge on any atom is -0.360 e. The first-order chi connectivity index (χ1) is 5.16. The lowest BCUT2D eigenvalue weighted by Crippen LogP contribution is -1.92. The molecular formula is C5H6ClNO3S. The molecule has 62 valence electrons. The van der Waals surface area contributed by atoms with Gasteiger partial charge in [-0.05, 0) is 13.8 Å². The van der Waals surface area contributed by atoms with Gasteiger partial charge in [-0.3, -0.25) is 0 Å². The Labute approximate surface area is 71.3 Å². The highest BCUT2D eigenvalue weighted by Gasteiger charge is 2.16. The molecule has 1 atom stereocenters. The smallest absolute Gasteiger partial charge is 0.212 e. The minimum absolute atomic E-state index is 0.403. The summed E-state index contributed by atoms with van der Waals surface area (Å²) in [6.07, 6.45) is 0. The Hall–Kier alpha value is -0.390. The van der Waals surface area contributed by atoms with Gasteiger partial charge in [-0.1, -0.05) is 5.16 Å². The fourth-order valence-corrected chi connectivity index (χ4v) is 1.55. The number of hydrogen-bond donors (Lipinski definition) is 0. The minimum atomic E-state index is -1.67. The van der Waals surface area contributed by atoms with Crippen molar-refractivity contribution in [1.82, 2.24) is 5.16 Å². The zero-order chi connectivity index (χ0) is 8.43. The van der Waals surface area contributed by atoms with E-state index in [0.717, 1.165) is 0 Å². The second-order valence-electron chi connectivity index (χ2n) is 1.95. The van der Waals surface area contributed by atoms with Gasteiger partial charge in [-0.25, -0.2) is 4.21 Å². The average Bonchev–Trinajstić information content (AvgIpc) is 2.30. The molecule has 0 saturated heterocycles. The summed E-state index contributed by atoms with van der Waals surface area (Å²) >= 11 is 3.24. The molecule has 1 unspecified atom stereocenters. The largest absolute Gasteiger partial charge is 0.360 e. The number of halogens is 1. The predicted molar refractivity (Wildman–Crippen MR) is 39.3 cm³/mol. The molecule has 1 aromatic heterocycles. The SMILES string of the molecule is Cc1noc(C)c1S(=O)OCl. The van der Waals surface area contributed by atoms with Crippen molar-refractivity contribution in [3.05, 3.63) is 11.5 Å². The third-order valence-corrected chi connectivity index (χ3v) is 2.57. The van der Waals surface area contributed by atoms with Crippen LogP contribution in [0.1, 0.15) is 11.5 Å². The van der Waals surface area contributed by atoms with Gasteiger partial charge in [0.1, 0.15) is 4.90 Å². The summed E-state index contributed by atoms with van der Waals surface area (Å²) in [6.45, 7) is 3.31. The standard InChI is InChI=1S/C5H6ClNO3S/c1-3-5(11(8)10-6)4(2)9-7-3/h1-2H3. The molecule has 0 aliphatic carbocycles. The van der Waals surface area contributed by atoms with Crippen molar-refractivity contribution in [1.29, 1.82) is 0 Å². The summed E-state index contributed by atoms with van der Waals surface area (Å²) in [6, 6.07) is 0. The van der Waals surface area contributed by atoms with Crippen LogP contribution in [0.3, 0.4) is 0 Å². The molecule has 11 heavy (non-hydrogen) atoms. The quantitative estimate of drug-likeness (QED) is 0.718. The molecule has 0 saturated carbocycles. The zero-order valence-electron chi connectivity index (χ0n) is 5.96. The second kappa shape index (κ2) is 3.34. The lowest BCUT2D eigenvalue weighted by molar-refractivity contribution is 0.390. The van der Waals surface area contributed by atoms with E-state index >= 15 is 0 Å². The maximum atomic E-state index is 11.0. The molecule has 4 nitrogen and oxygen atoms in total. The molecule has 0 bridgehead atoms. The highest BCUT2D eigenvalue weighted by atomic mass is 35.5. The molecule has 0 fully saturated rings. The van der Waals surface area contributed by atoms with Crippen molar-refractivity contribution < 1.29 is 12.5 Å². The summed E-state index contributed by atoms with van der Waals surface area (Å²) in [4.78, 5) is 0.403. The first-order valence-electron chi connectivity index (χ1n) is 2.80. The molecule has 1 heterocycles. The van der Waals surface area contributed by atoms with Gasteiger partial charge in [0.15, 0.2) is 5.76 Å². The molecule has 1 aromatic rings. The van der Waals surface area contributed by atoms with Gasteiger partial charge in [-0.15, -0.1) is 0 Å². The van der Waals surface area contributed by atoms with Crippen LogP contribution in [0.2, 0.25) is 0 Å². The van der Waals surface area contributed by atoms with E-state index in [2.05, 4.69) is 8.89 Å². The molecular weight excluding hydrogens is 190 g/mol. The van der Waals surface area contributed by atoms with E-state index in [1.165, 1.54) is 0 Å². The Morgan fingerprint density at radius 2 is 2.27 bits per heavy atom. The fraction of sp³-hybridized carbons (Fsp3) is 0.400. The zero-order valence-corrected chi connectivity index (χ0v) is 7.53. The van der Waals surface area contributed by atoms with Crippen LogP contribution in [-0.4, -0.2) is 9.37 Å². The van der Waals surface area contributed by atoms with Crippen LogP contribution in [-0.2, 0) is 14.8 Å². The number of rotatable bonds is 2. The van der Waals surface area contributed by atoms with Crippen LogP contribution < -0.4 is 0 Å². The van der Waals surface area contributed by atoms with Crippen LogP contribution in [0.25, 0.3) is 0 Å². The van der Waals surface area contributed by atoms with Crippen LogP contribution >= 0.6 is 11.9 Å². The van der Waals surface area contributed by atoms with Gasteiger partial charge >= 0.3 is 0 Å². The van der Waals surface area contributed by atoms with E-state index in [1.54, 1.807) is 13.8 Å². The summed E-state index contributed by atoms with van der Waals surface area (Å²) in [5.41, 5.74) is 0.529. The number of nitrogens with zero attached hydrogens (tertiary/aromatic N) is 1. The Morgan fingerprint density at radius 1 is 1.64 bits per heavy atom. The first kappa shape index (κ1) is 8.70. The number of aromatic nitrogens is 1. The maximum Gasteiger partial charge on any atom is 0.212 e. The summed E-state index contributed by atoms with van der Waals surface area (Å²) in [5, 5.41) is 3.58. The van der Waals surface area contributed by atoms with Gasteiger partial charge in [0.25, 0.3) is 0 Å². The monoisotopic (exact) mass is 195 g/mol. The predicted octanol–water partition coefficient (Wildman–Crippen LogP) is 1.48. The first-order valence-corrected chi connectivity index (χ1v) is 4.19. The molecule has 0 aromatic carbocycles. The van der Waals surface area contributed by atoms with Crippen LogP contribution in [0.4, 0.5) is 0 Å². The van der Waals surface area contributed by atoms with E-state index in [-0.39, 0.29) is 0 Å². The Bertz CT molecular complexity index is 266. The Kier molecular flexibility index (Phi) is 2.64. The van der Waals surface area contributed by atoms with Gasteiger partial charge in [0.2, 0.25) is 11.1 Å². The van der Waals surface area contributed by atoms with Crippen molar-refractivity contribution in [2.75, 3.05) is 0 Å². The molecule has 0 spiro atoms. The fourth-order valence-electron chi connectivity index (χ4n) is 0.744. The molecule has 0 aliphatic rings. The number of hydrogen-bond acceptors (Lipinski definition) is 4. The third kappa shape index (κ3) is 1.61. The Balaban J connectivity index is 3.10. The van der Waals surface area contributed by atoms with E-state index in [4.69, 9.17) is 16.4 Å². The van der Waals surface area contributed by atoms with Crippen molar-refractivity contribution in [2.24, 2.45) is 0 Å². The lowest BCUT2D eigenvalue weighted by atomic mass is 10.4. The van der Waals surface area contributed by atoms with Gasteiger partial charge in [0, 0.05) is 0 Å². The van der Waals surface area contributed by atoms with E-state index in [1.807, 2.05) is 0 Å². The van der Waals surface area contributed by atoms with Crippen LogP contribution in [0.15, 0.2) is 9.42 Å². The summed E-state index contributed by atoms with van der Waals surface area (Å²) < 4.78 is 19.8.